The molecule has 2 aromatic carbocycles. The number of carbonyl (C=O) groups excluding carboxylic acids is 2. The molecule has 0 unspecified atom stereocenters. The van der Waals surface area contributed by atoms with Gasteiger partial charge in [0.15, 0.2) is 0 Å². The number of fused-ring (bicyclic) bond motifs is 1. The Morgan fingerprint density at radius 3 is 2.23 bits per heavy atom. The van der Waals surface area contributed by atoms with Gasteiger partial charge in [-0.15, -0.1) is 0 Å². The van der Waals surface area contributed by atoms with Crippen LogP contribution in [0, 0.1) is 5.82 Å². The third-order valence-electron chi connectivity index (χ3n) is 4.15. The van der Waals surface area contributed by atoms with E-state index in [1.807, 2.05) is 0 Å². The van der Waals surface area contributed by atoms with Crippen LogP contribution in [0.5, 0.6) is 0 Å². The Morgan fingerprint density at radius 1 is 0.923 bits per heavy atom. The molecular weight excluding hydrogens is 357 g/mol. The SMILES string of the molecule is O=C1c2ccccc2C(=O)N1Cc1nccnc1-c1ccc(F)cc1Cl. The molecule has 0 N–H and O–H groups in total. The lowest BCUT2D eigenvalue weighted by Crippen LogP contribution is -2.29. The van der Waals surface area contributed by atoms with E-state index in [1.165, 1.54) is 30.6 Å². The monoisotopic (exact) mass is 367 g/mol. The maximum Gasteiger partial charge on any atom is 0.261 e. The maximum atomic E-state index is 13.3. The minimum Gasteiger partial charge on any atom is -0.269 e. The normalized spacial score (nSPS) is 13.2. The van der Waals surface area contributed by atoms with Gasteiger partial charge in [-0.3, -0.25) is 24.5 Å². The number of benzene rings is 2. The average molecular weight is 368 g/mol. The van der Waals surface area contributed by atoms with Gasteiger partial charge in [0.25, 0.3) is 11.8 Å². The second-order valence-corrected chi connectivity index (χ2v) is 6.13. The van der Waals surface area contributed by atoms with Gasteiger partial charge >= 0.3 is 0 Å². The van der Waals surface area contributed by atoms with Crippen molar-refractivity contribution in [3.63, 3.8) is 0 Å². The molecule has 128 valence electrons. The molecule has 0 bridgehead atoms. The number of imide groups is 1. The first-order valence-electron chi connectivity index (χ1n) is 7.77. The van der Waals surface area contributed by atoms with E-state index in [9.17, 15) is 14.0 Å². The molecule has 5 nitrogen and oxygen atoms in total. The number of halogens is 2. The van der Waals surface area contributed by atoms with E-state index in [1.54, 1.807) is 24.3 Å². The molecule has 0 atom stereocenters. The van der Waals surface area contributed by atoms with Crippen LogP contribution in [-0.2, 0) is 6.54 Å². The fraction of sp³-hybridized carbons (Fsp3) is 0.0526. The molecular formula is C19H11ClFN3O2. The molecule has 2 amide bonds. The number of amides is 2. The van der Waals surface area contributed by atoms with Gasteiger partial charge in [-0.2, -0.15) is 0 Å². The minimum atomic E-state index is -0.468. The number of aromatic nitrogens is 2. The summed E-state index contributed by atoms with van der Waals surface area (Å²) in [4.78, 5) is 34.7. The lowest BCUT2D eigenvalue weighted by molar-refractivity contribution is 0.0640. The van der Waals surface area contributed by atoms with Crippen molar-refractivity contribution >= 4 is 23.4 Å². The standard InChI is InChI=1S/C19H11ClFN3O2/c20-15-9-11(21)5-6-14(15)17-16(22-7-8-23-17)10-24-18(25)12-3-1-2-4-13(12)19(24)26/h1-9H,10H2. The summed E-state index contributed by atoms with van der Waals surface area (Å²) < 4.78 is 13.3. The lowest BCUT2D eigenvalue weighted by atomic mass is 10.1. The van der Waals surface area contributed by atoms with Crippen LogP contribution >= 0.6 is 11.6 Å². The molecule has 0 spiro atoms. The van der Waals surface area contributed by atoms with Crippen molar-refractivity contribution in [2.24, 2.45) is 0 Å². The molecule has 1 aromatic heterocycles. The van der Waals surface area contributed by atoms with Gasteiger partial charge in [-0.25, -0.2) is 4.39 Å². The molecule has 0 saturated heterocycles. The minimum absolute atomic E-state index is 0.0524. The third kappa shape index (κ3) is 2.64. The highest BCUT2D eigenvalue weighted by molar-refractivity contribution is 6.33. The molecule has 26 heavy (non-hydrogen) atoms. The zero-order chi connectivity index (χ0) is 18.3. The molecule has 1 aliphatic heterocycles. The highest BCUT2D eigenvalue weighted by atomic mass is 35.5. The van der Waals surface area contributed by atoms with E-state index >= 15 is 0 Å². The second kappa shape index (κ2) is 6.31. The van der Waals surface area contributed by atoms with Crippen LogP contribution in [0.15, 0.2) is 54.9 Å². The fourth-order valence-electron chi connectivity index (χ4n) is 2.92. The van der Waals surface area contributed by atoms with E-state index < -0.39 is 5.82 Å². The summed E-state index contributed by atoms with van der Waals surface area (Å²) in [6.45, 7) is -0.0524. The fourth-order valence-corrected chi connectivity index (χ4v) is 3.18. The van der Waals surface area contributed by atoms with E-state index in [2.05, 4.69) is 9.97 Å². The van der Waals surface area contributed by atoms with Gasteiger partial charge in [0.1, 0.15) is 5.82 Å². The highest BCUT2D eigenvalue weighted by Gasteiger charge is 2.35. The summed E-state index contributed by atoms with van der Waals surface area (Å²) in [5.41, 5.74) is 2.00. The van der Waals surface area contributed by atoms with Gasteiger partial charge in [-0.1, -0.05) is 23.7 Å². The number of rotatable bonds is 3. The average Bonchev–Trinajstić information content (AvgIpc) is 2.88. The summed E-state index contributed by atoms with van der Waals surface area (Å²) in [5, 5.41) is 0.175. The smallest absolute Gasteiger partial charge is 0.261 e. The molecule has 7 heteroatoms. The van der Waals surface area contributed by atoms with Crippen molar-refractivity contribution < 1.29 is 14.0 Å². The largest absolute Gasteiger partial charge is 0.269 e. The van der Waals surface area contributed by atoms with Crippen LogP contribution in [0.25, 0.3) is 11.3 Å². The predicted molar refractivity (Wildman–Crippen MR) is 93.1 cm³/mol. The Hall–Kier alpha value is -3.12. The van der Waals surface area contributed by atoms with E-state index in [0.29, 0.717) is 28.1 Å². The second-order valence-electron chi connectivity index (χ2n) is 5.72. The Bertz CT molecular complexity index is 1020. The first-order chi connectivity index (χ1) is 12.6. The van der Waals surface area contributed by atoms with Crippen LogP contribution in [0.4, 0.5) is 4.39 Å². The van der Waals surface area contributed by atoms with Gasteiger partial charge in [-0.05, 0) is 30.3 Å². The van der Waals surface area contributed by atoms with E-state index in [0.717, 1.165) is 4.90 Å². The molecule has 0 aliphatic carbocycles. The van der Waals surface area contributed by atoms with Gasteiger partial charge in [0.2, 0.25) is 0 Å². The van der Waals surface area contributed by atoms with Crippen LogP contribution in [0.1, 0.15) is 26.4 Å². The van der Waals surface area contributed by atoms with E-state index in [4.69, 9.17) is 11.6 Å². The Labute approximate surface area is 153 Å². The molecule has 4 rings (SSSR count). The third-order valence-corrected chi connectivity index (χ3v) is 4.46. The topological polar surface area (TPSA) is 63.2 Å². The molecule has 0 saturated carbocycles. The Kier molecular flexibility index (Phi) is 3.97. The van der Waals surface area contributed by atoms with Crippen LogP contribution in [0.3, 0.4) is 0 Å². The number of carbonyl (C=O) groups is 2. The van der Waals surface area contributed by atoms with Crippen molar-refractivity contribution in [3.05, 3.63) is 82.5 Å². The van der Waals surface area contributed by atoms with Gasteiger partial charge in [0.05, 0.1) is 34.1 Å². The maximum absolute atomic E-state index is 13.3. The van der Waals surface area contributed by atoms with Crippen molar-refractivity contribution in [1.29, 1.82) is 0 Å². The van der Waals surface area contributed by atoms with Crippen molar-refractivity contribution in [3.8, 4) is 11.3 Å². The zero-order valence-corrected chi connectivity index (χ0v) is 14.1. The first-order valence-corrected chi connectivity index (χ1v) is 8.14. The Balaban J connectivity index is 1.73. The molecule has 0 radical (unpaired) electrons. The molecule has 0 fully saturated rings. The number of hydrogen-bond donors (Lipinski definition) is 0. The summed E-state index contributed by atoms with van der Waals surface area (Å²) >= 11 is 6.13. The van der Waals surface area contributed by atoms with Crippen LogP contribution < -0.4 is 0 Å². The quantitative estimate of drug-likeness (QED) is 0.662. The number of nitrogens with zero attached hydrogens (tertiary/aromatic N) is 3. The van der Waals surface area contributed by atoms with Gasteiger partial charge in [0, 0.05) is 18.0 Å². The molecule has 2 heterocycles. The molecule has 3 aromatic rings. The van der Waals surface area contributed by atoms with Crippen LogP contribution in [0.2, 0.25) is 5.02 Å². The Morgan fingerprint density at radius 2 is 1.58 bits per heavy atom. The van der Waals surface area contributed by atoms with Crippen LogP contribution in [-0.4, -0.2) is 26.7 Å². The van der Waals surface area contributed by atoms with Gasteiger partial charge < -0.3 is 0 Å². The number of hydrogen-bond acceptors (Lipinski definition) is 4. The highest BCUT2D eigenvalue weighted by Crippen LogP contribution is 2.31. The zero-order valence-electron chi connectivity index (χ0n) is 13.3. The summed E-state index contributed by atoms with van der Waals surface area (Å²) in [7, 11) is 0. The van der Waals surface area contributed by atoms with E-state index in [-0.39, 0.29) is 23.4 Å². The first kappa shape index (κ1) is 16.4. The predicted octanol–water partition coefficient (Wildman–Crippen LogP) is 3.73. The van der Waals surface area contributed by atoms with Crippen molar-refractivity contribution in [2.45, 2.75) is 6.54 Å². The van der Waals surface area contributed by atoms with Crippen molar-refractivity contribution in [2.75, 3.05) is 0 Å². The summed E-state index contributed by atoms with van der Waals surface area (Å²) in [6.07, 6.45) is 2.94. The lowest BCUT2D eigenvalue weighted by Gasteiger charge is -2.15. The summed E-state index contributed by atoms with van der Waals surface area (Å²) in [5.74, 6) is -1.23. The summed E-state index contributed by atoms with van der Waals surface area (Å²) in [6, 6.07) is 10.6. The molecule has 1 aliphatic rings. The van der Waals surface area contributed by atoms with Crippen molar-refractivity contribution in [1.82, 2.24) is 14.9 Å².